The fraction of sp³-hybridized carbons (Fsp3) is 0.600. The summed E-state index contributed by atoms with van der Waals surface area (Å²) in [5, 5.41) is 8.34. The first-order valence-electron chi connectivity index (χ1n) is 12.0. The van der Waals surface area contributed by atoms with Crippen molar-refractivity contribution in [3.05, 3.63) is 35.9 Å². The Kier molecular flexibility index (Phi) is 7.28. The van der Waals surface area contributed by atoms with E-state index in [1.807, 2.05) is 20.2 Å². The molecule has 2 aromatic rings. The third-order valence-corrected chi connectivity index (χ3v) is 6.71. The maximum absolute atomic E-state index is 4.96. The van der Waals surface area contributed by atoms with Gasteiger partial charge in [0, 0.05) is 51.2 Å². The lowest BCUT2D eigenvalue weighted by Crippen LogP contribution is -2.50. The fourth-order valence-corrected chi connectivity index (χ4v) is 4.95. The van der Waals surface area contributed by atoms with Crippen LogP contribution in [0.25, 0.3) is 10.9 Å². The van der Waals surface area contributed by atoms with Crippen molar-refractivity contribution in [2.75, 3.05) is 38.6 Å². The van der Waals surface area contributed by atoms with Crippen LogP contribution in [-0.4, -0.2) is 61.7 Å². The molecule has 2 aliphatic rings. The predicted molar refractivity (Wildman–Crippen MR) is 131 cm³/mol. The van der Waals surface area contributed by atoms with Gasteiger partial charge < -0.3 is 20.4 Å². The number of para-hydroxylation sites is 1. The first-order chi connectivity index (χ1) is 15.1. The normalized spacial score (nSPS) is 19.1. The Bertz CT molecular complexity index is 879. The standard InChI is InChI=1S/C25H38N6/c1-4-26-25(28-20-13-15-31(16-14-20)21-9-5-6-10-21)27-18-19-17-24(30(2)3)29-23-12-8-7-11-22(19)23/h7-8,11-12,17,20-21H,4-6,9-10,13-16,18H2,1-3H3,(H2,26,27,28). The zero-order chi connectivity index (χ0) is 21.6. The zero-order valence-corrected chi connectivity index (χ0v) is 19.4. The van der Waals surface area contributed by atoms with E-state index in [1.54, 1.807) is 0 Å². The lowest BCUT2D eigenvalue weighted by Gasteiger charge is -2.36. The van der Waals surface area contributed by atoms with E-state index in [0.717, 1.165) is 29.9 Å². The van der Waals surface area contributed by atoms with Crippen LogP contribution < -0.4 is 15.5 Å². The Morgan fingerprint density at radius 2 is 1.87 bits per heavy atom. The first-order valence-corrected chi connectivity index (χ1v) is 12.0. The van der Waals surface area contributed by atoms with Gasteiger partial charge in [-0.1, -0.05) is 31.0 Å². The minimum absolute atomic E-state index is 0.502. The van der Waals surface area contributed by atoms with E-state index < -0.39 is 0 Å². The number of rotatable bonds is 6. The Balaban J connectivity index is 1.43. The molecule has 2 heterocycles. The lowest BCUT2D eigenvalue weighted by atomic mass is 10.0. The van der Waals surface area contributed by atoms with Crippen molar-refractivity contribution in [2.45, 2.75) is 64.1 Å². The number of aromatic nitrogens is 1. The van der Waals surface area contributed by atoms with E-state index in [0.29, 0.717) is 12.6 Å². The van der Waals surface area contributed by atoms with Crippen molar-refractivity contribution in [2.24, 2.45) is 4.99 Å². The molecule has 0 atom stereocenters. The topological polar surface area (TPSA) is 55.8 Å². The molecule has 1 saturated carbocycles. The SMILES string of the molecule is CCNC(=NCc1cc(N(C)C)nc2ccccc12)NC1CCN(C2CCCC2)CC1. The minimum atomic E-state index is 0.502. The van der Waals surface area contributed by atoms with Gasteiger partial charge in [0.1, 0.15) is 5.82 Å². The highest BCUT2D eigenvalue weighted by Gasteiger charge is 2.27. The highest BCUT2D eigenvalue weighted by molar-refractivity contribution is 5.85. The van der Waals surface area contributed by atoms with Crippen LogP contribution in [0.1, 0.15) is 51.0 Å². The van der Waals surface area contributed by atoms with E-state index in [9.17, 15) is 0 Å². The molecule has 6 heteroatoms. The summed E-state index contributed by atoms with van der Waals surface area (Å²) in [6.45, 7) is 6.06. The van der Waals surface area contributed by atoms with Crippen molar-refractivity contribution >= 4 is 22.7 Å². The predicted octanol–water partition coefficient (Wildman–Crippen LogP) is 3.76. The molecule has 0 amide bonds. The molecule has 0 spiro atoms. The van der Waals surface area contributed by atoms with Gasteiger partial charge in [0.05, 0.1) is 12.1 Å². The van der Waals surface area contributed by atoms with E-state index in [4.69, 9.17) is 9.98 Å². The summed E-state index contributed by atoms with van der Waals surface area (Å²) in [6.07, 6.45) is 8.03. The summed E-state index contributed by atoms with van der Waals surface area (Å²) < 4.78 is 0. The number of benzene rings is 1. The highest BCUT2D eigenvalue weighted by Crippen LogP contribution is 2.26. The quantitative estimate of drug-likeness (QED) is 0.548. The summed E-state index contributed by atoms with van der Waals surface area (Å²) in [5.74, 6) is 1.90. The van der Waals surface area contributed by atoms with Crippen LogP contribution >= 0.6 is 0 Å². The van der Waals surface area contributed by atoms with Gasteiger partial charge in [-0.3, -0.25) is 0 Å². The molecule has 1 aliphatic carbocycles. The minimum Gasteiger partial charge on any atom is -0.363 e. The number of hydrogen-bond donors (Lipinski definition) is 2. The van der Waals surface area contributed by atoms with Gasteiger partial charge in [0.15, 0.2) is 5.96 Å². The van der Waals surface area contributed by atoms with Crippen molar-refractivity contribution in [1.29, 1.82) is 0 Å². The van der Waals surface area contributed by atoms with Crippen molar-refractivity contribution < 1.29 is 0 Å². The number of likely N-dealkylation sites (tertiary alicyclic amines) is 1. The number of nitrogens with zero attached hydrogens (tertiary/aromatic N) is 4. The van der Waals surface area contributed by atoms with Crippen LogP contribution in [0.3, 0.4) is 0 Å². The van der Waals surface area contributed by atoms with Crippen LogP contribution in [0.5, 0.6) is 0 Å². The maximum atomic E-state index is 4.96. The molecule has 0 unspecified atom stereocenters. The van der Waals surface area contributed by atoms with Gasteiger partial charge in [-0.2, -0.15) is 0 Å². The van der Waals surface area contributed by atoms with Gasteiger partial charge in [-0.05, 0) is 50.3 Å². The highest BCUT2D eigenvalue weighted by atomic mass is 15.2. The molecule has 1 saturated heterocycles. The van der Waals surface area contributed by atoms with E-state index in [1.165, 1.54) is 62.6 Å². The molecule has 1 aromatic carbocycles. The molecule has 1 aliphatic heterocycles. The molecular weight excluding hydrogens is 384 g/mol. The summed E-state index contributed by atoms with van der Waals surface area (Å²) in [7, 11) is 4.07. The number of pyridine rings is 1. The fourth-order valence-electron chi connectivity index (χ4n) is 4.95. The van der Waals surface area contributed by atoms with Gasteiger partial charge in [-0.15, -0.1) is 0 Å². The summed E-state index contributed by atoms with van der Waals surface area (Å²) >= 11 is 0. The van der Waals surface area contributed by atoms with Crippen molar-refractivity contribution in [3.63, 3.8) is 0 Å². The van der Waals surface area contributed by atoms with Gasteiger partial charge >= 0.3 is 0 Å². The average molecular weight is 423 g/mol. The molecule has 2 N–H and O–H groups in total. The number of aliphatic imine (C=N–C) groups is 1. The average Bonchev–Trinajstić information content (AvgIpc) is 3.32. The molecule has 4 rings (SSSR count). The molecule has 6 nitrogen and oxygen atoms in total. The second-order valence-corrected chi connectivity index (χ2v) is 9.14. The number of hydrogen-bond acceptors (Lipinski definition) is 4. The summed E-state index contributed by atoms with van der Waals surface area (Å²) in [4.78, 5) is 14.5. The Morgan fingerprint density at radius 1 is 1.13 bits per heavy atom. The third kappa shape index (κ3) is 5.48. The molecular formula is C25H38N6. The van der Waals surface area contributed by atoms with Crippen LogP contribution in [-0.2, 0) is 6.54 Å². The smallest absolute Gasteiger partial charge is 0.191 e. The van der Waals surface area contributed by atoms with Crippen LogP contribution in [0, 0.1) is 0 Å². The number of fused-ring (bicyclic) bond motifs is 1. The summed E-state index contributed by atoms with van der Waals surface area (Å²) in [5.41, 5.74) is 2.23. The van der Waals surface area contributed by atoms with Gasteiger partial charge in [-0.25, -0.2) is 9.98 Å². The van der Waals surface area contributed by atoms with Crippen molar-refractivity contribution in [3.8, 4) is 0 Å². The Morgan fingerprint density at radius 3 is 2.58 bits per heavy atom. The van der Waals surface area contributed by atoms with E-state index in [2.05, 4.69) is 51.6 Å². The number of piperidine rings is 1. The number of guanidine groups is 1. The third-order valence-electron chi connectivity index (χ3n) is 6.71. The maximum Gasteiger partial charge on any atom is 0.191 e. The zero-order valence-electron chi connectivity index (χ0n) is 19.4. The second-order valence-electron chi connectivity index (χ2n) is 9.14. The second kappa shape index (κ2) is 10.3. The van der Waals surface area contributed by atoms with Crippen molar-refractivity contribution in [1.82, 2.24) is 20.5 Å². The molecule has 1 aromatic heterocycles. The van der Waals surface area contributed by atoms with Gasteiger partial charge in [0.25, 0.3) is 0 Å². The van der Waals surface area contributed by atoms with Crippen LogP contribution in [0.15, 0.2) is 35.3 Å². The molecule has 0 radical (unpaired) electrons. The van der Waals surface area contributed by atoms with E-state index in [-0.39, 0.29) is 0 Å². The van der Waals surface area contributed by atoms with Crippen LogP contribution in [0.2, 0.25) is 0 Å². The van der Waals surface area contributed by atoms with Crippen LogP contribution in [0.4, 0.5) is 5.82 Å². The Hall–Kier alpha value is -2.34. The Labute approximate surface area is 187 Å². The van der Waals surface area contributed by atoms with E-state index >= 15 is 0 Å². The first kappa shape index (κ1) is 21.9. The van der Waals surface area contributed by atoms with Gasteiger partial charge in [0.2, 0.25) is 0 Å². The lowest BCUT2D eigenvalue weighted by molar-refractivity contribution is 0.150. The monoisotopic (exact) mass is 422 g/mol. The number of anilines is 1. The summed E-state index contributed by atoms with van der Waals surface area (Å²) in [6, 6.07) is 11.9. The molecule has 168 valence electrons. The number of nitrogens with one attached hydrogen (secondary N) is 2. The molecule has 31 heavy (non-hydrogen) atoms. The molecule has 0 bridgehead atoms. The largest absolute Gasteiger partial charge is 0.363 e. The molecule has 2 fully saturated rings.